The van der Waals surface area contributed by atoms with Gasteiger partial charge in [-0.1, -0.05) is 19.8 Å². The summed E-state index contributed by atoms with van der Waals surface area (Å²) in [5, 5.41) is 2.83. The second-order valence-corrected chi connectivity index (χ2v) is 3.99. The first-order valence-corrected chi connectivity index (χ1v) is 5.74. The Labute approximate surface area is 96.2 Å². The van der Waals surface area contributed by atoms with Crippen molar-refractivity contribution in [3.8, 4) is 0 Å². The lowest BCUT2D eigenvalue weighted by Gasteiger charge is -2.15. The molecule has 0 saturated carbocycles. The largest absolute Gasteiger partial charge is 0.467 e. The van der Waals surface area contributed by atoms with Crippen LogP contribution in [0.5, 0.6) is 0 Å². The molecule has 4 heteroatoms. The molecule has 1 heterocycles. The van der Waals surface area contributed by atoms with E-state index in [1.165, 1.54) is 0 Å². The zero-order chi connectivity index (χ0) is 12.0. The Bertz CT molecular complexity index is 309. The fraction of sp³-hybridized carbons (Fsp3) is 0.583. The van der Waals surface area contributed by atoms with Gasteiger partial charge in [0.1, 0.15) is 5.76 Å². The van der Waals surface area contributed by atoms with Crippen LogP contribution in [0.3, 0.4) is 0 Å². The molecule has 90 valence electrons. The van der Waals surface area contributed by atoms with Crippen molar-refractivity contribution in [1.82, 2.24) is 5.32 Å². The van der Waals surface area contributed by atoms with E-state index in [1.54, 1.807) is 12.3 Å². The number of furan rings is 1. The summed E-state index contributed by atoms with van der Waals surface area (Å²) in [6.07, 6.45) is 4.35. The smallest absolute Gasteiger partial charge is 0.237 e. The lowest BCUT2D eigenvalue weighted by atomic mass is 10.1. The molecule has 16 heavy (non-hydrogen) atoms. The lowest BCUT2D eigenvalue weighted by molar-refractivity contribution is -0.123. The number of nitrogens with two attached hydrogens (primary N) is 1. The number of carbonyl (C=O) groups excluding carboxylic acids is 1. The number of unbranched alkanes of at least 4 members (excludes halogenated alkanes) is 1. The van der Waals surface area contributed by atoms with E-state index < -0.39 is 6.04 Å². The third-order valence-electron chi connectivity index (χ3n) is 2.53. The van der Waals surface area contributed by atoms with Crippen LogP contribution in [0.2, 0.25) is 0 Å². The minimum atomic E-state index is -0.419. The van der Waals surface area contributed by atoms with Gasteiger partial charge in [0.05, 0.1) is 18.3 Å². The highest BCUT2D eigenvalue weighted by atomic mass is 16.3. The molecule has 0 saturated heterocycles. The first kappa shape index (κ1) is 12.8. The van der Waals surface area contributed by atoms with Crippen LogP contribution in [0, 0.1) is 0 Å². The van der Waals surface area contributed by atoms with Crippen molar-refractivity contribution in [2.75, 3.05) is 0 Å². The SMILES string of the molecule is CCCC[C@H](N)C(=O)NC(C)c1ccco1. The van der Waals surface area contributed by atoms with Gasteiger partial charge in [0.2, 0.25) is 5.91 Å². The number of amides is 1. The van der Waals surface area contributed by atoms with Crippen LogP contribution in [0.15, 0.2) is 22.8 Å². The summed E-state index contributed by atoms with van der Waals surface area (Å²) in [5.41, 5.74) is 5.76. The van der Waals surface area contributed by atoms with Crippen molar-refractivity contribution in [2.45, 2.75) is 45.2 Å². The minimum Gasteiger partial charge on any atom is -0.467 e. The normalized spacial score (nSPS) is 14.4. The Kier molecular flexibility index (Phi) is 5.05. The van der Waals surface area contributed by atoms with Crippen LogP contribution >= 0.6 is 0 Å². The summed E-state index contributed by atoms with van der Waals surface area (Å²) in [5.74, 6) is 0.633. The molecule has 4 nitrogen and oxygen atoms in total. The molecule has 3 N–H and O–H groups in total. The number of carbonyl (C=O) groups is 1. The molecule has 0 fully saturated rings. The molecule has 1 aromatic heterocycles. The molecule has 1 aromatic rings. The zero-order valence-electron chi connectivity index (χ0n) is 9.90. The van der Waals surface area contributed by atoms with E-state index in [1.807, 2.05) is 13.0 Å². The molecule has 0 radical (unpaired) electrons. The monoisotopic (exact) mass is 224 g/mol. The van der Waals surface area contributed by atoms with Gasteiger partial charge < -0.3 is 15.5 Å². The van der Waals surface area contributed by atoms with Crippen LogP contribution in [0.25, 0.3) is 0 Å². The summed E-state index contributed by atoms with van der Waals surface area (Å²) in [7, 11) is 0. The van der Waals surface area contributed by atoms with Crippen LogP contribution in [0.1, 0.15) is 44.9 Å². The number of hydrogen-bond acceptors (Lipinski definition) is 3. The van der Waals surface area contributed by atoms with Crippen LogP contribution in [0.4, 0.5) is 0 Å². The fourth-order valence-electron chi connectivity index (χ4n) is 1.48. The van der Waals surface area contributed by atoms with Crippen molar-refractivity contribution >= 4 is 5.91 Å². The number of hydrogen-bond donors (Lipinski definition) is 2. The molecule has 0 bridgehead atoms. The Morgan fingerprint density at radius 2 is 2.38 bits per heavy atom. The van der Waals surface area contributed by atoms with Crippen molar-refractivity contribution in [1.29, 1.82) is 0 Å². The fourth-order valence-corrected chi connectivity index (χ4v) is 1.48. The Morgan fingerprint density at radius 3 is 2.94 bits per heavy atom. The molecule has 1 rings (SSSR count). The predicted molar refractivity (Wildman–Crippen MR) is 62.8 cm³/mol. The molecule has 0 aliphatic rings. The number of rotatable bonds is 6. The summed E-state index contributed by atoms with van der Waals surface area (Å²) >= 11 is 0. The van der Waals surface area contributed by atoms with E-state index in [2.05, 4.69) is 12.2 Å². The highest BCUT2D eigenvalue weighted by molar-refractivity contribution is 5.81. The molecule has 2 atom stereocenters. The van der Waals surface area contributed by atoms with E-state index in [4.69, 9.17) is 10.2 Å². The van der Waals surface area contributed by atoms with E-state index in [-0.39, 0.29) is 11.9 Å². The average molecular weight is 224 g/mol. The first-order chi connectivity index (χ1) is 7.65. The number of nitrogens with one attached hydrogen (secondary N) is 1. The Balaban J connectivity index is 2.39. The molecule has 0 aliphatic carbocycles. The van der Waals surface area contributed by atoms with Gasteiger partial charge in [0.25, 0.3) is 0 Å². The second-order valence-electron chi connectivity index (χ2n) is 3.99. The van der Waals surface area contributed by atoms with Gasteiger partial charge in [-0.2, -0.15) is 0 Å². The third-order valence-corrected chi connectivity index (χ3v) is 2.53. The van der Waals surface area contributed by atoms with Gasteiger partial charge in [-0.3, -0.25) is 4.79 Å². The van der Waals surface area contributed by atoms with Crippen molar-refractivity contribution in [3.05, 3.63) is 24.2 Å². The lowest BCUT2D eigenvalue weighted by Crippen LogP contribution is -2.41. The Morgan fingerprint density at radius 1 is 1.62 bits per heavy atom. The van der Waals surface area contributed by atoms with E-state index in [0.717, 1.165) is 25.0 Å². The van der Waals surface area contributed by atoms with Gasteiger partial charge in [-0.05, 0) is 25.5 Å². The van der Waals surface area contributed by atoms with Gasteiger partial charge in [-0.25, -0.2) is 0 Å². The highest BCUT2D eigenvalue weighted by Gasteiger charge is 2.17. The van der Waals surface area contributed by atoms with Gasteiger partial charge >= 0.3 is 0 Å². The third kappa shape index (κ3) is 3.70. The maximum Gasteiger partial charge on any atom is 0.237 e. The molecule has 0 aliphatic heterocycles. The van der Waals surface area contributed by atoms with Crippen LogP contribution in [-0.4, -0.2) is 11.9 Å². The molecule has 1 amide bonds. The van der Waals surface area contributed by atoms with Crippen LogP contribution < -0.4 is 11.1 Å². The minimum absolute atomic E-state index is 0.114. The maximum atomic E-state index is 11.7. The standard InChI is InChI=1S/C12H20N2O2/c1-3-4-6-10(13)12(15)14-9(2)11-7-5-8-16-11/h5,7-10H,3-4,6,13H2,1-2H3,(H,14,15)/t9?,10-/m0/s1. The molecule has 0 aromatic carbocycles. The van der Waals surface area contributed by atoms with Crippen molar-refractivity contribution < 1.29 is 9.21 Å². The van der Waals surface area contributed by atoms with Crippen molar-refractivity contribution in [3.63, 3.8) is 0 Å². The topological polar surface area (TPSA) is 68.3 Å². The van der Waals surface area contributed by atoms with Crippen LogP contribution in [-0.2, 0) is 4.79 Å². The van der Waals surface area contributed by atoms with Gasteiger partial charge in [0, 0.05) is 0 Å². The molecule has 0 spiro atoms. The van der Waals surface area contributed by atoms with E-state index >= 15 is 0 Å². The second kappa shape index (κ2) is 6.33. The first-order valence-electron chi connectivity index (χ1n) is 5.74. The highest BCUT2D eigenvalue weighted by Crippen LogP contribution is 2.12. The maximum absolute atomic E-state index is 11.7. The van der Waals surface area contributed by atoms with E-state index in [9.17, 15) is 4.79 Å². The summed E-state index contributed by atoms with van der Waals surface area (Å²) in [6, 6.07) is 3.09. The average Bonchev–Trinajstić information content (AvgIpc) is 2.79. The molecule has 1 unspecified atom stereocenters. The summed E-state index contributed by atoms with van der Waals surface area (Å²) < 4.78 is 5.20. The quantitative estimate of drug-likeness (QED) is 0.776. The van der Waals surface area contributed by atoms with E-state index in [0.29, 0.717) is 0 Å². The zero-order valence-corrected chi connectivity index (χ0v) is 9.90. The molecular weight excluding hydrogens is 204 g/mol. The summed E-state index contributed by atoms with van der Waals surface area (Å²) in [6.45, 7) is 3.96. The van der Waals surface area contributed by atoms with Crippen molar-refractivity contribution in [2.24, 2.45) is 5.73 Å². The van der Waals surface area contributed by atoms with Gasteiger partial charge in [-0.15, -0.1) is 0 Å². The predicted octanol–water partition coefficient (Wildman–Crippen LogP) is 1.97. The van der Waals surface area contributed by atoms with Gasteiger partial charge in [0.15, 0.2) is 0 Å². The summed E-state index contributed by atoms with van der Waals surface area (Å²) in [4.78, 5) is 11.7. The Hall–Kier alpha value is -1.29. The molecular formula is C12H20N2O2.